The highest BCUT2D eigenvalue weighted by molar-refractivity contribution is 7.19. The molecule has 0 bridgehead atoms. The average molecular weight is 736 g/mol. The van der Waals surface area contributed by atoms with Gasteiger partial charge in [-0.2, -0.15) is 0 Å². The molecule has 1 aliphatic carbocycles. The predicted molar refractivity (Wildman–Crippen MR) is 236 cm³/mol. The van der Waals surface area contributed by atoms with Gasteiger partial charge in [-0.25, -0.2) is 0 Å². The van der Waals surface area contributed by atoms with Crippen LogP contribution in [-0.2, 0) is 0 Å². The van der Waals surface area contributed by atoms with Crippen LogP contribution >= 0.6 is 11.3 Å². The van der Waals surface area contributed by atoms with Gasteiger partial charge in [-0.3, -0.25) is 0 Å². The Morgan fingerprint density at radius 2 is 1.23 bits per heavy atom. The minimum atomic E-state index is 0.110. The van der Waals surface area contributed by atoms with Gasteiger partial charge in [0.2, 0.25) is 0 Å². The van der Waals surface area contributed by atoms with Crippen molar-refractivity contribution in [3.63, 3.8) is 0 Å². The van der Waals surface area contributed by atoms with Crippen LogP contribution in [0, 0.1) is 0 Å². The van der Waals surface area contributed by atoms with Crippen molar-refractivity contribution in [1.82, 2.24) is 0 Å². The second kappa shape index (κ2) is 12.3. The molecule has 1 aliphatic rings. The number of fused-ring (bicyclic) bond motifs is 10. The van der Waals surface area contributed by atoms with Crippen molar-refractivity contribution in [1.29, 1.82) is 0 Å². The van der Waals surface area contributed by atoms with Crippen LogP contribution in [0.2, 0.25) is 0 Å². The third kappa shape index (κ3) is 4.83. The summed E-state index contributed by atoms with van der Waals surface area (Å²) >= 11 is 1.91. The second-order valence-corrected chi connectivity index (χ2v) is 15.8. The van der Waals surface area contributed by atoms with Gasteiger partial charge in [0.05, 0.1) is 6.04 Å². The molecule has 0 saturated carbocycles. The lowest BCUT2D eigenvalue weighted by Gasteiger charge is -2.35. The van der Waals surface area contributed by atoms with E-state index in [1.165, 1.54) is 42.4 Å². The summed E-state index contributed by atoms with van der Waals surface area (Å²) in [6.07, 6.45) is 5.55. The van der Waals surface area contributed by atoms with Gasteiger partial charge in [-0.1, -0.05) is 127 Å². The summed E-state index contributed by atoms with van der Waals surface area (Å²) < 4.78 is 15.0. The van der Waals surface area contributed by atoms with E-state index in [2.05, 4.69) is 181 Å². The summed E-state index contributed by atoms with van der Waals surface area (Å²) in [6.45, 7) is 0. The van der Waals surface area contributed by atoms with Crippen molar-refractivity contribution in [2.45, 2.75) is 12.5 Å². The van der Waals surface area contributed by atoms with E-state index in [4.69, 9.17) is 8.83 Å². The van der Waals surface area contributed by atoms with Gasteiger partial charge in [-0.15, -0.1) is 11.3 Å². The molecule has 0 aliphatic heterocycles. The first-order valence-electron chi connectivity index (χ1n) is 19.2. The van der Waals surface area contributed by atoms with E-state index in [-0.39, 0.29) is 6.04 Å². The van der Waals surface area contributed by atoms with Crippen molar-refractivity contribution in [2.75, 3.05) is 4.90 Å². The zero-order valence-electron chi connectivity index (χ0n) is 30.3. The van der Waals surface area contributed by atoms with E-state index >= 15 is 0 Å². The number of para-hydroxylation sites is 1. The summed E-state index contributed by atoms with van der Waals surface area (Å²) in [6, 6.07) is 61.0. The maximum absolute atomic E-state index is 7.11. The summed E-state index contributed by atoms with van der Waals surface area (Å²) in [7, 11) is 0. The molecule has 0 amide bonds. The normalized spacial score (nSPS) is 14.1. The van der Waals surface area contributed by atoms with Crippen LogP contribution in [0.1, 0.15) is 22.9 Å². The number of hydrogen-bond donors (Lipinski definition) is 0. The van der Waals surface area contributed by atoms with Crippen molar-refractivity contribution in [3.8, 4) is 22.3 Å². The third-order valence-electron chi connectivity index (χ3n) is 11.6. The summed E-state index contributed by atoms with van der Waals surface area (Å²) in [4.78, 5) is 3.90. The van der Waals surface area contributed by atoms with E-state index in [9.17, 15) is 0 Å². The van der Waals surface area contributed by atoms with Crippen LogP contribution in [0.4, 0.5) is 11.4 Å². The van der Waals surface area contributed by atoms with Gasteiger partial charge < -0.3 is 13.7 Å². The fourth-order valence-electron chi connectivity index (χ4n) is 8.98. The highest BCUT2D eigenvalue weighted by Crippen LogP contribution is 2.49. The molecule has 8 aromatic carbocycles. The lowest BCUT2D eigenvalue weighted by molar-refractivity contribution is 0.664. The Labute approximate surface area is 327 Å². The molecule has 264 valence electrons. The lowest BCUT2D eigenvalue weighted by atomic mass is 9.94. The second-order valence-electron chi connectivity index (χ2n) is 14.8. The number of nitrogens with zero attached hydrogens (tertiary/aromatic N) is 1. The summed E-state index contributed by atoms with van der Waals surface area (Å²) in [5, 5.41) is 8.00. The van der Waals surface area contributed by atoms with Crippen molar-refractivity contribution < 1.29 is 8.83 Å². The molecule has 11 aromatic rings. The third-order valence-corrected chi connectivity index (χ3v) is 12.9. The van der Waals surface area contributed by atoms with Crippen LogP contribution in [0.15, 0.2) is 185 Å². The van der Waals surface area contributed by atoms with Gasteiger partial charge in [0.25, 0.3) is 0 Å². The van der Waals surface area contributed by atoms with E-state index < -0.39 is 0 Å². The smallest absolute Gasteiger partial charge is 0.144 e. The zero-order chi connectivity index (χ0) is 36.7. The number of hydrogen-bond acceptors (Lipinski definition) is 4. The first-order chi connectivity index (χ1) is 27.7. The quantitative estimate of drug-likeness (QED) is 0.176. The Bertz CT molecular complexity index is 3350. The molecule has 0 N–H and O–H groups in total. The van der Waals surface area contributed by atoms with Gasteiger partial charge in [0.1, 0.15) is 22.3 Å². The van der Waals surface area contributed by atoms with Gasteiger partial charge in [0.15, 0.2) is 0 Å². The zero-order valence-corrected chi connectivity index (χ0v) is 31.1. The van der Waals surface area contributed by atoms with E-state index in [0.29, 0.717) is 0 Å². The molecular weight excluding hydrogens is 703 g/mol. The molecule has 0 saturated heterocycles. The van der Waals surface area contributed by atoms with E-state index in [0.717, 1.165) is 72.8 Å². The number of benzene rings is 8. The maximum atomic E-state index is 7.11. The minimum absolute atomic E-state index is 0.110. The predicted octanol–water partition coefficient (Wildman–Crippen LogP) is 15.5. The fourth-order valence-corrected chi connectivity index (χ4v) is 10.3. The standard InChI is InChI=1S/C52H33NO2S/c1-2-11-32(12-3-1)34-23-25-37(26-24-34)53(44-18-10-17-41-40-15-7-9-20-48(40)56-52(41)44)38-27-28-39-43-31-47-50(42-16-6-8-19-45(42)54-47)49(51(43)55-46(39)30-38)36-22-21-33-13-4-5-14-35(33)29-36/h1-17,19-31,44H,18H2. The van der Waals surface area contributed by atoms with Gasteiger partial charge in [0, 0.05) is 59.5 Å². The molecule has 0 fully saturated rings. The Morgan fingerprint density at radius 1 is 0.500 bits per heavy atom. The van der Waals surface area contributed by atoms with Crippen molar-refractivity contribution >= 4 is 93.5 Å². The molecule has 0 radical (unpaired) electrons. The molecule has 56 heavy (non-hydrogen) atoms. The number of furan rings is 2. The molecule has 3 nitrogen and oxygen atoms in total. The SMILES string of the molecule is C1=Cc2c(sc3ccccc23)C(N(c2ccc(-c3ccccc3)cc2)c2ccc3c(c2)oc2c(-c4ccc5ccccc5c4)c4c(cc23)oc2ccccc24)C1. The highest BCUT2D eigenvalue weighted by Gasteiger charge is 2.30. The van der Waals surface area contributed by atoms with Crippen LogP contribution in [-0.4, -0.2) is 0 Å². The average Bonchev–Trinajstić information content (AvgIpc) is 3.95. The summed E-state index contributed by atoms with van der Waals surface area (Å²) in [5.41, 5.74) is 11.6. The maximum Gasteiger partial charge on any atom is 0.144 e. The minimum Gasteiger partial charge on any atom is -0.456 e. The molecule has 1 atom stereocenters. The molecule has 3 aromatic heterocycles. The van der Waals surface area contributed by atoms with Crippen molar-refractivity contribution in [3.05, 3.63) is 186 Å². The van der Waals surface area contributed by atoms with E-state index in [1.807, 2.05) is 17.4 Å². The first-order valence-corrected chi connectivity index (χ1v) is 20.0. The molecule has 1 unspecified atom stereocenters. The molecule has 3 heterocycles. The Hall–Kier alpha value is -6.88. The van der Waals surface area contributed by atoms with Gasteiger partial charge >= 0.3 is 0 Å². The molecule has 4 heteroatoms. The Morgan fingerprint density at radius 3 is 2.12 bits per heavy atom. The van der Waals surface area contributed by atoms with Crippen LogP contribution in [0.3, 0.4) is 0 Å². The largest absolute Gasteiger partial charge is 0.456 e. The van der Waals surface area contributed by atoms with Crippen LogP contribution < -0.4 is 4.90 Å². The van der Waals surface area contributed by atoms with Crippen LogP contribution in [0.5, 0.6) is 0 Å². The monoisotopic (exact) mass is 735 g/mol. The number of thiophene rings is 1. The molecule has 0 spiro atoms. The van der Waals surface area contributed by atoms with Crippen molar-refractivity contribution in [2.24, 2.45) is 0 Å². The fraction of sp³-hybridized carbons (Fsp3) is 0.0385. The topological polar surface area (TPSA) is 29.5 Å². The van der Waals surface area contributed by atoms with Gasteiger partial charge in [-0.05, 0) is 88.0 Å². The molecule has 12 rings (SSSR count). The highest BCUT2D eigenvalue weighted by atomic mass is 32.1. The lowest BCUT2D eigenvalue weighted by Crippen LogP contribution is -2.24. The first kappa shape index (κ1) is 31.5. The van der Waals surface area contributed by atoms with Crippen LogP contribution in [0.25, 0.3) is 93.1 Å². The van der Waals surface area contributed by atoms with E-state index in [1.54, 1.807) is 0 Å². The Kier molecular flexibility index (Phi) is 6.92. The summed E-state index contributed by atoms with van der Waals surface area (Å²) in [5.74, 6) is 0. The number of rotatable bonds is 5. The number of anilines is 2. The Balaban J connectivity index is 1.08. The molecular formula is C52H33NO2S.